The standard InChI is InChI=1S/C68H75N10O13S/c1-43-49(47-19-21-54(73-60(47)62(86)87)76-28-25-46-50(34-76)48(18-20-52(46)90-35-59(83)84)61(85)74-63-72-51-15-7-8-16-53(51)92-63)33-70-78(43)42-67-37-65(2)36-66(3,38-67)40-68(39-65,41-67)91-31-29-75(4)64(88)89-30-11-13-44-12-10-14-45(32-44)71-56(80)24-26-69-55(79)17-6-5-9-27-77-57(81)22-23-58(77)82/h7-8,10-13,15-16,18-23,32-33H,5-6,9,17,24-31,34-42H2,1-4H3,(H,69,79)(H,71,80)(H,83,84)(H,86,87)(H,72,74,85)/b13-11+. The summed E-state index contributed by atoms with van der Waals surface area (Å²) in [5, 5.41) is 34.0. The predicted octanol–water partition coefficient (Wildman–Crippen LogP) is 9.49. The molecule has 4 aliphatic carbocycles. The number of likely N-dealkylation sites (N-methyl/N-ethyl adjacent to an activating group) is 1. The second-order valence-corrected chi connectivity index (χ2v) is 26.8. The minimum Gasteiger partial charge on any atom is -0.482 e. The van der Waals surface area contributed by atoms with E-state index in [1.165, 1.54) is 33.3 Å². The average Bonchev–Trinajstić information content (AvgIpc) is 0.862. The van der Waals surface area contributed by atoms with E-state index in [4.69, 9.17) is 24.3 Å². The largest absolute Gasteiger partial charge is 0.482 e. The number of carboxylic acid groups (broad SMARTS) is 2. The van der Waals surface area contributed by atoms with Gasteiger partial charge in [0.2, 0.25) is 11.8 Å². The first-order valence-electron chi connectivity index (χ1n) is 31.0. The van der Waals surface area contributed by atoms with Gasteiger partial charge in [0.1, 0.15) is 18.2 Å². The molecule has 0 spiro atoms. The van der Waals surface area contributed by atoms with Crippen LogP contribution in [0.5, 0.6) is 5.75 Å². The van der Waals surface area contributed by atoms with Crippen LogP contribution in [0.3, 0.4) is 0 Å². The molecule has 2 aliphatic heterocycles. The first-order chi connectivity index (χ1) is 44.1. The molecule has 4 fully saturated rings. The van der Waals surface area contributed by atoms with E-state index in [1.54, 1.807) is 67.9 Å². The van der Waals surface area contributed by atoms with Crippen LogP contribution >= 0.6 is 11.3 Å². The van der Waals surface area contributed by atoms with E-state index < -0.39 is 36.1 Å². The number of carbonyl (C=O) groups is 8. The molecule has 481 valence electrons. The third-order valence-electron chi connectivity index (χ3n) is 18.1. The molecule has 1 radical (unpaired) electrons. The molecule has 0 saturated heterocycles. The number of nitrogens with one attached hydrogen (secondary N) is 3. The van der Waals surface area contributed by atoms with E-state index in [1.807, 2.05) is 40.8 Å². The molecule has 3 aromatic carbocycles. The zero-order chi connectivity index (χ0) is 65.0. The number of carboxylic acids is 2. The Balaban J connectivity index is 0.668. The van der Waals surface area contributed by atoms with Crippen LogP contribution in [0.1, 0.15) is 128 Å². The number of rotatable bonds is 27. The maximum absolute atomic E-state index is 14.0. The molecule has 92 heavy (non-hydrogen) atoms. The molecule has 2 atom stereocenters. The minimum atomic E-state index is -1.21. The van der Waals surface area contributed by atoms with E-state index in [9.17, 15) is 48.6 Å². The highest BCUT2D eigenvalue weighted by molar-refractivity contribution is 7.22. The molecule has 24 heteroatoms. The van der Waals surface area contributed by atoms with Crippen molar-refractivity contribution in [3.05, 3.63) is 131 Å². The van der Waals surface area contributed by atoms with E-state index in [0.29, 0.717) is 109 Å². The van der Waals surface area contributed by atoms with E-state index >= 15 is 0 Å². The second-order valence-electron chi connectivity index (χ2n) is 25.8. The summed E-state index contributed by atoms with van der Waals surface area (Å²) in [4.78, 5) is 114. The van der Waals surface area contributed by atoms with Crippen molar-refractivity contribution in [2.45, 2.75) is 117 Å². The van der Waals surface area contributed by atoms with Crippen LogP contribution in [0.2, 0.25) is 0 Å². The molecule has 5 heterocycles. The van der Waals surface area contributed by atoms with Gasteiger partial charge in [-0.2, -0.15) is 5.10 Å². The number of pyridine rings is 1. The number of unbranched alkanes of at least 4 members (excludes halogenated alkanes) is 2. The number of benzene rings is 3. The molecule has 4 bridgehead atoms. The highest BCUT2D eigenvalue weighted by Crippen LogP contribution is 2.72. The number of aliphatic carboxylic acids is 1. The van der Waals surface area contributed by atoms with Gasteiger partial charge in [0, 0.05) is 111 Å². The Bertz CT molecular complexity index is 3880. The second kappa shape index (κ2) is 26.9. The van der Waals surface area contributed by atoms with Gasteiger partial charge in [-0.05, 0) is 141 Å². The van der Waals surface area contributed by atoms with Gasteiger partial charge in [-0.25, -0.2) is 24.4 Å². The van der Waals surface area contributed by atoms with Crippen LogP contribution in [0.25, 0.3) is 27.4 Å². The number of imide groups is 1. The fourth-order valence-corrected chi connectivity index (χ4v) is 16.2. The zero-order valence-corrected chi connectivity index (χ0v) is 52.8. The van der Waals surface area contributed by atoms with Gasteiger partial charge >= 0.3 is 18.0 Å². The summed E-state index contributed by atoms with van der Waals surface area (Å²) in [5.41, 5.74) is 4.76. The van der Waals surface area contributed by atoms with Gasteiger partial charge in [-0.3, -0.25) is 38.9 Å². The number of aromatic carboxylic acids is 1. The maximum atomic E-state index is 14.0. The van der Waals surface area contributed by atoms with Gasteiger partial charge < -0.3 is 44.9 Å². The summed E-state index contributed by atoms with van der Waals surface area (Å²) in [6, 6.07) is 22.5. The quantitative estimate of drug-likeness (QED) is 0.0237. The predicted molar refractivity (Wildman–Crippen MR) is 343 cm³/mol. The Hall–Kier alpha value is -9.29. The van der Waals surface area contributed by atoms with Crippen LogP contribution in [0.4, 0.5) is 21.4 Å². The molecule has 6 aliphatic rings. The van der Waals surface area contributed by atoms with Crippen LogP contribution < -0.4 is 25.6 Å². The van der Waals surface area contributed by atoms with Crippen molar-refractivity contribution in [1.82, 2.24) is 34.9 Å². The normalized spacial score (nSPS) is 21.2. The topological polar surface area (TPSA) is 294 Å². The molecule has 23 nitrogen and oxygen atoms in total. The smallest absolute Gasteiger partial charge is 0.409 e. The Morgan fingerprint density at radius 3 is 2.39 bits per heavy atom. The van der Waals surface area contributed by atoms with Crippen molar-refractivity contribution < 1.29 is 62.8 Å². The number of carbonyl (C=O) groups excluding carboxylic acids is 6. The number of aromatic nitrogens is 4. The number of para-hydroxylation sites is 1. The van der Waals surface area contributed by atoms with Gasteiger partial charge in [0.05, 0.1) is 28.6 Å². The molecule has 5 N–H and O–H groups in total. The van der Waals surface area contributed by atoms with Crippen molar-refractivity contribution >= 4 is 91.8 Å². The lowest BCUT2D eigenvalue weighted by molar-refractivity contribution is -0.248. The Labute approximate surface area is 536 Å². The van der Waals surface area contributed by atoms with E-state index in [0.717, 1.165) is 60.0 Å². The summed E-state index contributed by atoms with van der Waals surface area (Å²) in [6.45, 7) is 8.41. The zero-order valence-electron chi connectivity index (χ0n) is 52.0. The number of thiazole rings is 1. The van der Waals surface area contributed by atoms with Gasteiger partial charge in [0.25, 0.3) is 17.7 Å². The van der Waals surface area contributed by atoms with Crippen LogP contribution in [-0.2, 0) is 53.0 Å². The maximum Gasteiger partial charge on any atom is 0.409 e. The molecular weight excluding hydrogens is 1200 g/mol. The molecule has 6 aromatic rings. The fourth-order valence-electron chi connectivity index (χ4n) is 15.3. The molecule has 3 aromatic heterocycles. The lowest BCUT2D eigenvalue weighted by Gasteiger charge is -2.69. The van der Waals surface area contributed by atoms with Crippen molar-refractivity contribution in [2.24, 2.45) is 16.2 Å². The summed E-state index contributed by atoms with van der Waals surface area (Å²) in [7, 11) is 1.69. The van der Waals surface area contributed by atoms with Crippen LogP contribution in [-0.4, -0.2) is 146 Å². The number of amides is 6. The SMILES string of the molecule is Cc1c(-c2ccc(N3CCc4c(OCC(=O)O)ccc(C(=O)Nc5nc6ccccc6s5)c4C3)nc2C(=O)O)cnn1CC12CC3(C)CC(C)(C1)CC(OCCN(C)C(=O)OC/C=C/c1cc[c]c(NC(=O)CCNC(=O)CCCCCN4C(=O)C=CC4=O)c1)(C3)C2. The summed E-state index contributed by atoms with van der Waals surface area (Å²) in [6.07, 6.45) is 15.4. The third-order valence-corrected chi connectivity index (χ3v) is 19.1. The first-order valence-corrected chi connectivity index (χ1v) is 31.9. The van der Waals surface area contributed by atoms with Crippen molar-refractivity contribution in [2.75, 3.05) is 68.6 Å². The Kier molecular flexibility index (Phi) is 18.8. The highest BCUT2D eigenvalue weighted by Gasteiger charge is 2.66. The highest BCUT2D eigenvalue weighted by atomic mass is 32.1. The van der Waals surface area contributed by atoms with E-state index in [2.05, 4.69) is 40.8 Å². The molecule has 2 unspecified atom stereocenters. The van der Waals surface area contributed by atoms with Gasteiger partial charge in [-0.15, -0.1) is 0 Å². The van der Waals surface area contributed by atoms with Crippen molar-refractivity contribution in [3.8, 4) is 16.9 Å². The first kappa shape index (κ1) is 64.2. The number of hydrogen-bond acceptors (Lipinski definition) is 16. The van der Waals surface area contributed by atoms with Gasteiger partial charge in [-0.1, -0.05) is 61.9 Å². The van der Waals surface area contributed by atoms with Crippen molar-refractivity contribution in [3.63, 3.8) is 0 Å². The van der Waals surface area contributed by atoms with Gasteiger partial charge in [0.15, 0.2) is 17.4 Å². The average molecular weight is 1270 g/mol. The number of hydrogen-bond donors (Lipinski definition) is 5. The van der Waals surface area contributed by atoms with Crippen molar-refractivity contribution in [1.29, 1.82) is 0 Å². The Morgan fingerprint density at radius 1 is 0.848 bits per heavy atom. The van der Waals surface area contributed by atoms with E-state index in [-0.39, 0.29) is 78.1 Å². The molecule has 6 amide bonds. The molecule has 4 saturated carbocycles. The molecular formula is C68H75N10O13S. The summed E-state index contributed by atoms with van der Waals surface area (Å²) < 4.78 is 21.2. The lowest BCUT2D eigenvalue weighted by atomic mass is 9.39. The summed E-state index contributed by atoms with van der Waals surface area (Å²) in [5.74, 6) is -3.12. The minimum absolute atomic E-state index is 0.0103. The fraction of sp³-hybridized carbons (Fsp3) is 0.426. The number of nitrogens with zero attached hydrogens (tertiary/aromatic N) is 7. The van der Waals surface area contributed by atoms with Crippen LogP contribution in [0.15, 0.2) is 91.2 Å². The number of fused-ring (bicyclic) bond motifs is 2. The lowest BCUT2D eigenvalue weighted by Crippen LogP contribution is -2.64. The van der Waals surface area contributed by atoms with Crippen LogP contribution in [0, 0.1) is 29.2 Å². The molecule has 12 rings (SSSR count). The monoisotopic (exact) mass is 1270 g/mol. The number of anilines is 3. The third kappa shape index (κ3) is 14.7. The number of ether oxygens (including phenoxy) is 3. The Morgan fingerprint density at radius 2 is 1.63 bits per heavy atom. The summed E-state index contributed by atoms with van der Waals surface area (Å²) >= 11 is 1.35.